The van der Waals surface area contributed by atoms with Gasteiger partial charge in [0.2, 0.25) is 11.5 Å². The monoisotopic (exact) mass is 551 g/mol. The Morgan fingerprint density at radius 1 is 1.05 bits per heavy atom. The maximum atomic E-state index is 12.3. The van der Waals surface area contributed by atoms with Crippen molar-refractivity contribution in [2.75, 3.05) is 27.3 Å². The first-order valence-corrected chi connectivity index (χ1v) is 13.3. The van der Waals surface area contributed by atoms with Gasteiger partial charge >= 0.3 is 17.9 Å². The number of aliphatic hydroxyl groups is 2. The van der Waals surface area contributed by atoms with Gasteiger partial charge in [-0.05, 0) is 78.1 Å². The lowest BCUT2D eigenvalue weighted by Crippen LogP contribution is -2.63. The molecule has 0 spiro atoms. The van der Waals surface area contributed by atoms with Gasteiger partial charge in [0.25, 0.3) is 0 Å². The Hall–Kier alpha value is -2.98. The molecule has 0 saturated heterocycles. The third-order valence-electron chi connectivity index (χ3n) is 7.20. The molecule has 0 fully saturated rings. The van der Waals surface area contributed by atoms with Crippen LogP contribution in [-0.4, -0.2) is 82.5 Å². The lowest BCUT2D eigenvalue weighted by molar-refractivity contribution is -0.210. The zero-order valence-electron chi connectivity index (χ0n) is 24.1. The number of amides is 1. The predicted molar refractivity (Wildman–Crippen MR) is 146 cm³/mol. The van der Waals surface area contributed by atoms with Crippen molar-refractivity contribution < 1.29 is 44.0 Å². The molecule has 3 atom stereocenters. The minimum atomic E-state index is -2.46. The molecule has 3 N–H and O–H groups in total. The van der Waals surface area contributed by atoms with Gasteiger partial charge in [-0.3, -0.25) is 9.59 Å². The van der Waals surface area contributed by atoms with E-state index < -0.39 is 29.1 Å². The summed E-state index contributed by atoms with van der Waals surface area (Å²) in [7, 11) is 2.15. The Balaban J connectivity index is 2.47. The van der Waals surface area contributed by atoms with Crippen LogP contribution in [0.2, 0.25) is 0 Å². The molecule has 1 aliphatic heterocycles. The molecule has 0 aromatic rings. The van der Waals surface area contributed by atoms with Crippen LogP contribution in [0.1, 0.15) is 79.1 Å². The Labute approximate surface area is 231 Å². The second-order valence-corrected chi connectivity index (χ2v) is 10.6. The van der Waals surface area contributed by atoms with Crippen molar-refractivity contribution in [3.8, 4) is 0 Å². The predicted octanol–water partition coefficient (Wildman–Crippen LogP) is 3.32. The van der Waals surface area contributed by atoms with E-state index in [4.69, 9.17) is 5.11 Å². The smallest absolute Gasteiger partial charge is 0.341 e. The van der Waals surface area contributed by atoms with Crippen molar-refractivity contribution >= 4 is 23.8 Å². The number of carbonyl (C=O) groups excluding carboxylic acids is 3. The summed E-state index contributed by atoms with van der Waals surface area (Å²) >= 11 is 0. The Bertz CT molecular complexity index is 979. The summed E-state index contributed by atoms with van der Waals surface area (Å²) < 4.78 is 9.22. The molecule has 1 unspecified atom stereocenters. The van der Waals surface area contributed by atoms with Crippen LogP contribution in [-0.2, 0) is 28.7 Å². The summed E-state index contributed by atoms with van der Waals surface area (Å²) in [5.74, 6) is -3.60. The van der Waals surface area contributed by atoms with Crippen LogP contribution in [0.5, 0.6) is 0 Å². The molecule has 39 heavy (non-hydrogen) atoms. The Morgan fingerprint density at radius 3 is 2.23 bits per heavy atom. The number of methoxy groups -OCH3 is 2. The van der Waals surface area contributed by atoms with Crippen molar-refractivity contribution in [2.45, 2.75) is 90.3 Å². The fourth-order valence-electron chi connectivity index (χ4n) is 4.65. The zero-order chi connectivity index (χ0) is 29.8. The highest BCUT2D eigenvalue weighted by atomic mass is 16.6. The number of hydrogen-bond donors (Lipinski definition) is 3. The largest absolute Gasteiger partial charge is 0.480 e. The van der Waals surface area contributed by atoms with Gasteiger partial charge in [-0.25, -0.2) is 9.59 Å². The maximum absolute atomic E-state index is 12.3. The van der Waals surface area contributed by atoms with E-state index in [2.05, 4.69) is 28.5 Å². The fraction of sp³-hybridized carbons (Fsp3) is 0.655. The maximum Gasteiger partial charge on any atom is 0.341 e. The van der Waals surface area contributed by atoms with E-state index in [1.807, 2.05) is 19.9 Å². The summed E-state index contributed by atoms with van der Waals surface area (Å²) in [6, 6.07) is 0. The number of aliphatic carboxylic acids is 1. The lowest BCUT2D eigenvalue weighted by atomic mass is 9.77. The highest BCUT2D eigenvalue weighted by molar-refractivity contribution is 5.97. The average Bonchev–Trinajstić information content (AvgIpc) is 3.20. The fourth-order valence-corrected chi connectivity index (χ4v) is 4.65. The standard InChI is InChI=1S/C29H45NO9/c1-20(10-7-11-21(2)13-9-15-23-16-17-30(25(23)33)19-24(31)32)12-8-14-22(3)18-29(37,27(35)39-6)28(4,36)26(34)38-5/h11-12,16,22,36-37H,7-10,13-15,17-19H2,1-6H3,(H,31,32)/b20-12-,21-11-/t22-,28?,29+/m1/s1. The summed E-state index contributed by atoms with van der Waals surface area (Å²) in [6.45, 7) is 7.07. The van der Waals surface area contributed by atoms with Gasteiger partial charge in [0.1, 0.15) is 6.54 Å². The minimum Gasteiger partial charge on any atom is -0.480 e. The highest BCUT2D eigenvalue weighted by Gasteiger charge is 2.58. The molecule has 1 amide bonds. The Kier molecular flexibility index (Phi) is 13.6. The first-order chi connectivity index (χ1) is 18.2. The van der Waals surface area contributed by atoms with E-state index in [-0.39, 0.29) is 24.8 Å². The van der Waals surface area contributed by atoms with Crippen LogP contribution < -0.4 is 0 Å². The van der Waals surface area contributed by atoms with Crippen molar-refractivity contribution in [3.05, 3.63) is 34.9 Å². The van der Waals surface area contributed by atoms with Crippen molar-refractivity contribution in [1.82, 2.24) is 4.90 Å². The topological polar surface area (TPSA) is 151 Å². The molecule has 0 aromatic carbocycles. The van der Waals surface area contributed by atoms with Gasteiger partial charge in [-0.15, -0.1) is 0 Å². The van der Waals surface area contributed by atoms with E-state index in [0.717, 1.165) is 46.8 Å². The lowest BCUT2D eigenvalue weighted by Gasteiger charge is -2.37. The number of allylic oxidation sites excluding steroid dienone is 4. The van der Waals surface area contributed by atoms with E-state index in [9.17, 15) is 29.4 Å². The van der Waals surface area contributed by atoms with E-state index in [1.165, 1.54) is 16.0 Å². The van der Waals surface area contributed by atoms with Gasteiger partial charge in [0, 0.05) is 12.1 Å². The number of carboxylic acid groups (broad SMARTS) is 1. The van der Waals surface area contributed by atoms with Crippen molar-refractivity contribution in [1.29, 1.82) is 0 Å². The second kappa shape index (κ2) is 15.6. The summed E-state index contributed by atoms with van der Waals surface area (Å²) in [4.78, 5) is 48.7. The SMILES string of the molecule is COC(=O)C(C)(O)[C@](O)(C[C@H](C)CC/C=C(/C)CC/C=C(/C)CCCC1=CCN(CC(=O)O)C1=O)C(=O)OC. The molecular formula is C29H45NO9. The van der Waals surface area contributed by atoms with Gasteiger partial charge < -0.3 is 29.7 Å². The summed E-state index contributed by atoms with van der Waals surface area (Å²) in [6.07, 6.45) is 11.4. The van der Waals surface area contributed by atoms with Gasteiger partial charge in [0.15, 0.2) is 5.60 Å². The molecule has 0 radical (unpaired) electrons. The van der Waals surface area contributed by atoms with Gasteiger partial charge in [-0.2, -0.15) is 0 Å². The summed E-state index contributed by atoms with van der Waals surface area (Å²) in [5, 5.41) is 30.4. The van der Waals surface area contributed by atoms with E-state index in [0.29, 0.717) is 31.4 Å². The molecule has 0 saturated carbocycles. The first kappa shape index (κ1) is 34.0. The molecule has 0 aromatic heterocycles. The van der Waals surface area contributed by atoms with Crippen LogP contribution >= 0.6 is 0 Å². The molecule has 0 aliphatic carbocycles. The number of rotatable bonds is 17. The van der Waals surface area contributed by atoms with Crippen LogP contribution in [0, 0.1) is 5.92 Å². The number of nitrogens with zero attached hydrogens (tertiary/aromatic N) is 1. The highest BCUT2D eigenvalue weighted by Crippen LogP contribution is 2.33. The van der Waals surface area contributed by atoms with Gasteiger partial charge in [0.05, 0.1) is 14.2 Å². The number of esters is 2. The van der Waals surface area contributed by atoms with Gasteiger partial charge in [-0.1, -0.05) is 36.3 Å². The van der Waals surface area contributed by atoms with Crippen LogP contribution in [0.25, 0.3) is 0 Å². The number of hydrogen-bond acceptors (Lipinski definition) is 8. The molecule has 1 rings (SSSR count). The molecule has 10 heteroatoms. The number of carbonyl (C=O) groups is 4. The number of ether oxygens (including phenoxy) is 2. The molecule has 1 aliphatic rings. The minimum absolute atomic E-state index is 0.170. The van der Waals surface area contributed by atoms with E-state index in [1.54, 1.807) is 0 Å². The molecular weight excluding hydrogens is 506 g/mol. The van der Waals surface area contributed by atoms with Crippen molar-refractivity contribution in [3.63, 3.8) is 0 Å². The zero-order valence-corrected chi connectivity index (χ0v) is 24.1. The summed E-state index contributed by atoms with van der Waals surface area (Å²) in [5.41, 5.74) is -1.75. The number of carboxylic acids is 1. The normalized spacial score (nSPS) is 18.2. The van der Waals surface area contributed by atoms with Crippen LogP contribution in [0.3, 0.4) is 0 Å². The van der Waals surface area contributed by atoms with Crippen LogP contribution in [0.15, 0.2) is 34.9 Å². The average molecular weight is 552 g/mol. The quantitative estimate of drug-likeness (QED) is 0.183. The van der Waals surface area contributed by atoms with Crippen molar-refractivity contribution in [2.24, 2.45) is 5.92 Å². The second-order valence-electron chi connectivity index (χ2n) is 10.6. The van der Waals surface area contributed by atoms with E-state index >= 15 is 0 Å². The Morgan fingerprint density at radius 2 is 1.64 bits per heavy atom. The van der Waals surface area contributed by atoms with Crippen LogP contribution in [0.4, 0.5) is 0 Å². The molecule has 10 nitrogen and oxygen atoms in total. The molecule has 220 valence electrons. The molecule has 1 heterocycles. The first-order valence-electron chi connectivity index (χ1n) is 13.3. The third-order valence-corrected chi connectivity index (χ3v) is 7.20. The third kappa shape index (κ3) is 9.93. The molecule has 0 bridgehead atoms.